The predicted molar refractivity (Wildman–Crippen MR) is 358 cm³/mol. The van der Waals surface area contributed by atoms with E-state index < -0.39 is 97.5 Å². The summed E-state index contributed by atoms with van der Waals surface area (Å²) < 4.78 is 68.3. The van der Waals surface area contributed by atoms with Gasteiger partial charge >= 0.3 is 39.5 Å². The van der Waals surface area contributed by atoms with Crippen molar-refractivity contribution in [1.29, 1.82) is 0 Å². The molecule has 0 heterocycles. The highest BCUT2D eigenvalue weighted by Crippen LogP contribution is 2.45. The van der Waals surface area contributed by atoms with Crippen LogP contribution in [0.4, 0.5) is 0 Å². The first-order valence-electron chi connectivity index (χ1n) is 36.2. The smallest absolute Gasteiger partial charge is 0.462 e. The van der Waals surface area contributed by atoms with Crippen LogP contribution in [-0.2, 0) is 65.4 Å². The van der Waals surface area contributed by atoms with Gasteiger partial charge in [0, 0.05) is 25.7 Å². The highest BCUT2D eigenvalue weighted by molar-refractivity contribution is 7.47. The Morgan fingerprint density at radius 1 is 0.315 bits per heavy atom. The first-order chi connectivity index (χ1) is 42.6. The van der Waals surface area contributed by atoms with E-state index in [-0.39, 0.29) is 25.7 Å². The third kappa shape index (κ3) is 63.2. The van der Waals surface area contributed by atoms with Crippen LogP contribution in [0.1, 0.15) is 344 Å². The molecule has 0 bridgehead atoms. The fourth-order valence-corrected chi connectivity index (χ4v) is 12.0. The van der Waals surface area contributed by atoms with Crippen LogP contribution in [0.3, 0.4) is 0 Å². The minimum absolute atomic E-state index is 0.103. The Morgan fingerprint density at radius 2 is 0.539 bits per heavy atom. The van der Waals surface area contributed by atoms with E-state index in [4.69, 9.17) is 37.0 Å². The maximum Gasteiger partial charge on any atom is 0.472 e. The van der Waals surface area contributed by atoms with E-state index in [1.165, 1.54) is 141 Å². The monoisotopic (exact) mass is 1310 g/mol. The maximum atomic E-state index is 13.0. The number of carbonyl (C=O) groups excluding carboxylic acids is 4. The van der Waals surface area contributed by atoms with Gasteiger partial charge in [-0.25, -0.2) is 9.13 Å². The number of carbonyl (C=O) groups is 4. The Labute approximate surface area is 543 Å². The number of rotatable bonds is 67. The molecular weight excluding hydrogens is 1170 g/mol. The Morgan fingerprint density at radius 3 is 0.798 bits per heavy atom. The van der Waals surface area contributed by atoms with E-state index in [1.54, 1.807) is 0 Å². The third-order valence-corrected chi connectivity index (χ3v) is 18.3. The van der Waals surface area contributed by atoms with Crippen molar-refractivity contribution in [3.8, 4) is 0 Å². The summed E-state index contributed by atoms with van der Waals surface area (Å²) in [6.45, 7) is 14.1. The number of aliphatic hydroxyl groups is 1. The molecule has 0 spiro atoms. The summed E-state index contributed by atoms with van der Waals surface area (Å²) in [5.41, 5.74) is 0. The van der Waals surface area contributed by atoms with Crippen LogP contribution in [0.5, 0.6) is 0 Å². The van der Waals surface area contributed by atoms with Crippen molar-refractivity contribution in [2.24, 2.45) is 23.7 Å². The van der Waals surface area contributed by atoms with Crippen LogP contribution in [0, 0.1) is 23.7 Å². The van der Waals surface area contributed by atoms with Crippen LogP contribution in [0.2, 0.25) is 0 Å². The average Bonchev–Trinajstić information content (AvgIpc) is 3.70. The Bertz CT molecular complexity index is 1770. The van der Waals surface area contributed by atoms with Crippen LogP contribution in [-0.4, -0.2) is 96.7 Å². The van der Waals surface area contributed by atoms with Crippen LogP contribution >= 0.6 is 15.6 Å². The van der Waals surface area contributed by atoms with Crippen molar-refractivity contribution in [1.82, 2.24) is 0 Å². The molecule has 0 aromatic heterocycles. The molecule has 3 N–H and O–H groups in total. The molecule has 528 valence electrons. The zero-order chi connectivity index (χ0) is 66.1. The molecule has 0 aromatic carbocycles. The lowest BCUT2D eigenvalue weighted by Gasteiger charge is -2.21. The molecule has 0 aliphatic heterocycles. The van der Waals surface area contributed by atoms with Gasteiger partial charge in [-0.1, -0.05) is 293 Å². The molecule has 0 amide bonds. The summed E-state index contributed by atoms with van der Waals surface area (Å²) in [6.07, 6.45) is 41.7. The lowest BCUT2D eigenvalue weighted by Crippen LogP contribution is -2.30. The summed E-state index contributed by atoms with van der Waals surface area (Å²) in [5, 5.41) is 10.6. The molecule has 0 aliphatic carbocycles. The van der Waals surface area contributed by atoms with Crippen molar-refractivity contribution in [3.63, 3.8) is 0 Å². The summed E-state index contributed by atoms with van der Waals surface area (Å²) in [4.78, 5) is 72.5. The Balaban J connectivity index is 5.26. The fourth-order valence-electron chi connectivity index (χ4n) is 10.5. The topological polar surface area (TPSA) is 237 Å². The van der Waals surface area contributed by atoms with Crippen molar-refractivity contribution in [3.05, 3.63) is 0 Å². The van der Waals surface area contributed by atoms with E-state index >= 15 is 0 Å². The van der Waals surface area contributed by atoms with Gasteiger partial charge in [0.15, 0.2) is 12.2 Å². The van der Waals surface area contributed by atoms with Crippen LogP contribution in [0.25, 0.3) is 0 Å². The van der Waals surface area contributed by atoms with Gasteiger partial charge in [0.2, 0.25) is 0 Å². The minimum Gasteiger partial charge on any atom is -0.462 e. The Hall–Kier alpha value is -1.94. The maximum absolute atomic E-state index is 13.0. The molecular formula is C70H136O17P2. The molecule has 0 fully saturated rings. The van der Waals surface area contributed by atoms with Gasteiger partial charge in [0.1, 0.15) is 19.3 Å². The van der Waals surface area contributed by atoms with Crippen molar-refractivity contribution in [2.45, 2.75) is 363 Å². The zero-order valence-corrected chi connectivity index (χ0v) is 59.8. The van der Waals surface area contributed by atoms with Gasteiger partial charge in [-0.15, -0.1) is 0 Å². The summed E-state index contributed by atoms with van der Waals surface area (Å²) in [5.74, 6) is 0.854. The summed E-state index contributed by atoms with van der Waals surface area (Å²) >= 11 is 0. The van der Waals surface area contributed by atoms with Crippen molar-refractivity contribution in [2.75, 3.05) is 39.6 Å². The van der Waals surface area contributed by atoms with Crippen LogP contribution < -0.4 is 0 Å². The van der Waals surface area contributed by atoms with E-state index in [0.717, 1.165) is 114 Å². The average molecular weight is 1310 g/mol. The van der Waals surface area contributed by atoms with Crippen LogP contribution in [0.15, 0.2) is 0 Å². The molecule has 0 rings (SSSR count). The van der Waals surface area contributed by atoms with Crippen molar-refractivity contribution >= 4 is 39.5 Å². The molecule has 6 atom stereocenters. The molecule has 0 aromatic rings. The Kier molecular flexibility index (Phi) is 58.5. The molecule has 0 saturated carbocycles. The SMILES string of the molecule is CCC(C)CCCCCCCCCCC(=O)O[C@H](COC(=O)CCCCCCCCC(C)C)COP(=O)(O)OC[C@H](O)COP(=O)(O)OC[C@@H](COC(=O)CCCCCCCCCCCCCC(C)C)OC(=O)CCCCCCCCCCCCCC(C)C. The molecule has 0 radical (unpaired) electrons. The number of ether oxygens (including phenoxy) is 4. The number of esters is 4. The third-order valence-electron chi connectivity index (χ3n) is 16.4. The van der Waals surface area contributed by atoms with Gasteiger partial charge in [-0.3, -0.25) is 37.3 Å². The van der Waals surface area contributed by atoms with Gasteiger partial charge in [0.05, 0.1) is 26.4 Å². The minimum atomic E-state index is -4.95. The number of hydrogen-bond donors (Lipinski definition) is 3. The van der Waals surface area contributed by atoms with E-state index in [2.05, 4.69) is 55.4 Å². The quantitative estimate of drug-likeness (QED) is 0.0222. The van der Waals surface area contributed by atoms with E-state index in [0.29, 0.717) is 31.6 Å². The predicted octanol–water partition coefficient (Wildman–Crippen LogP) is 19.7. The summed E-state index contributed by atoms with van der Waals surface area (Å²) in [7, 11) is -9.90. The zero-order valence-electron chi connectivity index (χ0n) is 58.1. The number of unbranched alkanes of at least 4 members (excludes halogenated alkanes) is 32. The number of phosphoric acid groups is 2. The number of phosphoric ester groups is 2. The highest BCUT2D eigenvalue weighted by Gasteiger charge is 2.30. The highest BCUT2D eigenvalue weighted by atomic mass is 31.2. The first kappa shape index (κ1) is 87.1. The van der Waals surface area contributed by atoms with Gasteiger partial charge in [-0.05, 0) is 49.4 Å². The second-order valence-corrected chi connectivity index (χ2v) is 29.8. The summed E-state index contributed by atoms with van der Waals surface area (Å²) in [6, 6.07) is 0. The van der Waals surface area contributed by atoms with Crippen molar-refractivity contribution < 1.29 is 80.2 Å². The first-order valence-corrected chi connectivity index (χ1v) is 39.2. The lowest BCUT2D eigenvalue weighted by molar-refractivity contribution is -0.161. The molecule has 0 aliphatic rings. The van der Waals surface area contributed by atoms with Gasteiger partial charge < -0.3 is 33.8 Å². The molecule has 17 nitrogen and oxygen atoms in total. The normalized spacial score (nSPS) is 14.6. The van der Waals surface area contributed by atoms with E-state index in [9.17, 15) is 43.2 Å². The molecule has 0 saturated heterocycles. The number of aliphatic hydroxyl groups excluding tert-OH is 1. The second kappa shape index (κ2) is 59.8. The van der Waals surface area contributed by atoms with Gasteiger partial charge in [-0.2, -0.15) is 0 Å². The number of hydrogen-bond acceptors (Lipinski definition) is 15. The lowest BCUT2D eigenvalue weighted by atomic mass is 9.99. The largest absolute Gasteiger partial charge is 0.472 e. The second-order valence-electron chi connectivity index (χ2n) is 26.9. The molecule has 89 heavy (non-hydrogen) atoms. The van der Waals surface area contributed by atoms with Gasteiger partial charge in [0.25, 0.3) is 0 Å². The fraction of sp³-hybridized carbons (Fsp3) is 0.943. The molecule has 19 heteroatoms. The van der Waals surface area contributed by atoms with E-state index in [1.807, 2.05) is 0 Å². The molecule has 3 unspecified atom stereocenters. The standard InChI is InChI=1S/C70H136O17P2/c1-9-63(8)49-41-33-24-20-21-27-37-45-53-70(75)87-66(57-81-68(73)51-43-35-29-28-32-40-48-62(6)7)59-85-89(78,79)83-55-64(71)54-82-88(76,77)84-58-65(86-69(74)52-44-36-26-19-15-11-13-17-23-31-39-47-61(4)5)56-80-67(72)50-42-34-25-18-14-10-12-16-22-30-38-46-60(2)3/h60-66,71H,9-59H2,1-8H3,(H,76,77)(H,78,79)/t63?,64-,65-,66-/m1/s1.